The van der Waals surface area contributed by atoms with E-state index in [0.717, 1.165) is 23.8 Å². The van der Waals surface area contributed by atoms with Crippen molar-refractivity contribution in [2.45, 2.75) is 24.8 Å². The Morgan fingerprint density at radius 1 is 1.11 bits per heavy atom. The average Bonchev–Trinajstić information content (AvgIpc) is 2.77. The zero-order valence-electron chi connectivity index (χ0n) is 18.9. The number of hydrogen-bond donors (Lipinski definition) is 2. The number of halogens is 3. The maximum atomic E-state index is 14.9. The molecule has 35 heavy (non-hydrogen) atoms. The smallest absolute Gasteiger partial charge is 0.265 e. The number of amides is 1. The molecule has 0 unspecified atom stereocenters. The van der Waals surface area contributed by atoms with Gasteiger partial charge in [0.25, 0.3) is 15.9 Å². The van der Waals surface area contributed by atoms with Crippen molar-refractivity contribution >= 4 is 33.2 Å². The highest BCUT2D eigenvalue weighted by Gasteiger charge is 2.28. The zero-order valence-corrected chi connectivity index (χ0v) is 20.5. The first-order chi connectivity index (χ1) is 16.4. The van der Waals surface area contributed by atoms with Crippen LogP contribution in [-0.4, -0.2) is 44.0 Å². The van der Waals surface area contributed by atoms with Gasteiger partial charge in [-0.3, -0.25) is 9.52 Å². The largest absolute Gasteiger partial charge is 0.505 e. The summed E-state index contributed by atoms with van der Waals surface area (Å²) in [5.74, 6) is -3.25. The third-order valence-corrected chi connectivity index (χ3v) is 7.16. The maximum absolute atomic E-state index is 14.9. The summed E-state index contributed by atoms with van der Waals surface area (Å²) < 4.78 is 63.9. The van der Waals surface area contributed by atoms with Crippen LogP contribution in [0.15, 0.2) is 47.4 Å². The number of aryl methyl sites for hydroxylation is 1. The van der Waals surface area contributed by atoms with E-state index < -0.39 is 50.0 Å². The van der Waals surface area contributed by atoms with Crippen molar-refractivity contribution in [2.75, 3.05) is 18.3 Å². The Hall–Kier alpha value is -3.37. The highest BCUT2D eigenvalue weighted by atomic mass is 35.5. The Labute approximate surface area is 206 Å². The molecule has 4 rings (SSSR count). The van der Waals surface area contributed by atoms with Crippen molar-refractivity contribution in [3.8, 4) is 22.6 Å². The quantitative estimate of drug-likeness (QED) is 0.435. The van der Waals surface area contributed by atoms with Crippen molar-refractivity contribution < 1.29 is 31.8 Å². The van der Waals surface area contributed by atoms with Crippen LogP contribution in [0.4, 0.5) is 14.5 Å². The van der Waals surface area contributed by atoms with Gasteiger partial charge in [-0.1, -0.05) is 23.2 Å². The van der Waals surface area contributed by atoms with E-state index in [-0.39, 0.29) is 34.0 Å². The number of fused-ring (bicyclic) bond motifs is 6. The number of benzene rings is 3. The van der Waals surface area contributed by atoms with Crippen molar-refractivity contribution in [3.05, 3.63) is 70.2 Å². The number of nitrogens with zero attached hydrogens (tertiary/aromatic N) is 1. The topological polar surface area (TPSA) is 95.9 Å². The van der Waals surface area contributed by atoms with Crippen LogP contribution in [0.2, 0.25) is 5.02 Å². The summed E-state index contributed by atoms with van der Waals surface area (Å²) in [6.45, 7) is 3.57. The number of nitrogens with one attached hydrogen (secondary N) is 1. The van der Waals surface area contributed by atoms with Crippen LogP contribution >= 0.6 is 11.6 Å². The fraction of sp³-hybridized carbons (Fsp3) is 0.208. The van der Waals surface area contributed by atoms with Crippen LogP contribution in [0.25, 0.3) is 11.1 Å². The average molecular weight is 523 g/mol. The van der Waals surface area contributed by atoms with E-state index in [2.05, 4.69) is 0 Å². The standard InChI is InChI=1S/C24H21ClF2N2O5S/c1-12-4-5-21-16(6-12)15-9-20(19(27)10-18(15)26)28-35(32,33)22-8-14(7-17(25)23(22)30)24(31)29(3)11-13(2)34-21/h4-10,13,28,30H,11H2,1-3H3/t13-/m0/s1. The molecule has 1 heterocycles. The number of phenolic OH excluding ortho intramolecular Hbond substituents is 1. The molecule has 0 fully saturated rings. The lowest BCUT2D eigenvalue weighted by molar-refractivity contribution is 0.0727. The third-order valence-electron chi connectivity index (χ3n) is 5.50. The molecule has 1 aliphatic rings. The molecule has 0 saturated heterocycles. The minimum Gasteiger partial charge on any atom is -0.505 e. The number of rotatable bonds is 0. The summed E-state index contributed by atoms with van der Waals surface area (Å²) in [7, 11) is -3.16. The van der Waals surface area contributed by atoms with Gasteiger partial charge in [-0.15, -0.1) is 0 Å². The van der Waals surface area contributed by atoms with Gasteiger partial charge in [0.1, 0.15) is 28.4 Å². The third kappa shape index (κ3) is 4.76. The molecule has 2 N–H and O–H groups in total. The second-order valence-corrected chi connectivity index (χ2v) is 10.4. The van der Waals surface area contributed by atoms with Gasteiger partial charge in [0.15, 0.2) is 5.75 Å². The molecule has 1 atom stereocenters. The number of carbonyl (C=O) groups is 1. The van der Waals surface area contributed by atoms with E-state index >= 15 is 0 Å². The molecule has 0 spiro atoms. The van der Waals surface area contributed by atoms with Crippen LogP contribution in [0.1, 0.15) is 22.8 Å². The van der Waals surface area contributed by atoms with E-state index in [1.54, 1.807) is 32.0 Å². The molecule has 1 aliphatic heterocycles. The Morgan fingerprint density at radius 2 is 1.83 bits per heavy atom. The van der Waals surface area contributed by atoms with Crippen LogP contribution in [0.3, 0.4) is 0 Å². The Balaban J connectivity index is 1.99. The molecule has 4 bridgehead atoms. The molecule has 11 heteroatoms. The van der Waals surface area contributed by atoms with Gasteiger partial charge in [0.05, 0.1) is 17.3 Å². The molecule has 1 amide bonds. The van der Waals surface area contributed by atoms with E-state index in [9.17, 15) is 27.1 Å². The summed E-state index contributed by atoms with van der Waals surface area (Å²) in [6, 6.07) is 8.62. The first-order valence-corrected chi connectivity index (χ1v) is 12.3. The molecule has 7 nitrogen and oxygen atoms in total. The molecule has 184 valence electrons. The van der Waals surface area contributed by atoms with Gasteiger partial charge in [-0.05, 0) is 44.2 Å². The number of phenols is 1. The molecule has 0 radical (unpaired) electrons. The van der Waals surface area contributed by atoms with Crippen molar-refractivity contribution in [1.29, 1.82) is 0 Å². The van der Waals surface area contributed by atoms with Crippen molar-refractivity contribution in [1.82, 2.24) is 4.90 Å². The monoisotopic (exact) mass is 522 g/mol. The molecule has 3 aromatic carbocycles. The molecule has 0 aromatic heterocycles. The number of anilines is 1. The Kier molecular flexibility index (Phi) is 6.37. The van der Waals surface area contributed by atoms with Crippen LogP contribution in [0.5, 0.6) is 11.5 Å². The lowest BCUT2D eigenvalue weighted by Crippen LogP contribution is -2.35. The first kappa shape index (κ1) is 24.7. The Morgan fingerprint density at radius 3 is 2.54 bits per heavy atom. The van der Waals surface area contributed by atoms with Gasteiger partial charge in [0.2, 0.25) is 0 Å². The minimum atomic E-state index is -4.65. The van der Waals surface area contributed by atoms with Gasteiger partial charge in [0, 0.05) is 29.8 Å². The minimum absolute atomic E-state index is 0.0854. The number of aromatic hydroxyl groups is 1. The van der Waals surface area contributed by atoms with Crippen LogP contribution < -0.4 is 9.46 Å². The summed E-state index contributed by atoms with van der Waals surface area (Å²) in [6.07, 6.45) is -0.563. The normalized spacial score (nSPS) is 17.5. The SMILES string of the molecule is Cc1ccc2c(c1)-c1cc(c(F)cc1F)NS(=O)(=O)c1cc(cc(Cl)c1O)C(=O)N(C)C[C@H](C)O2. The highest BCUT2D eigenvalue weighted by molar-refractivity contribution is 7.92. The van der Waals surface area contributed by atoms with Crippen LogP contribution in [-0.2, 0) is 10.0 Å². The molecule has 3 aromatic rings. The number of carbonyl (C=O) groups excluding carboxylic acids is 1. The predicted molar refractivity (Wildman–Crippen MR) is 128 cm³/mol. The maximum Gasteiger partial charge on any atom is 0.265 e. The van der Waals surface area contributed by atoms with E-state index in [1.807, 2.05) is 4.72 Å². The lowest BCUT2D eigenvalue weighted by atomic mass is 10.0. The first-order valence-electron chi connectivity index (χ1n) is 10.4. The predicted octanol–water partition coefficient (Wildman–Crippen LogP) is 4.95. The fourth-order valence-electron chi connectivity index (χ4n) is 3.84. The molecular weight excluding hydrogens is 502 g/mol. The fourth-order valence-corrected chi connectivity index (χ4v) is 5.31. The number of likely N-dealkylation sites (N-methyl/N-ethyl adjacent to an activating group) is 1. The second-order valence-electron chi connectivity index (χ2n) is 8.34. The summed E-state index contributed by atoms with van der Waals surface area (Å²) in [5.41, 5.74) is 0.234. The summed E-state index contributed by atoms with van der Waals surface area (Å²) >= 11 is 6.01. The van der Waals surface area contributed by atoms with Gasteiger partial charge >= 0.3 is 0 Å². The zero-order chi connectivity index (χ0) is 25.7. The molecular formula is C24H21ClF2N2O5S. The van der Waals surface area contributed by atoms with Crippen molar-refractivity contribution in [2.24, 2.45) is 0 Å². The van der Waals surface area contributed by atoms with E-state index in [0.29, 0.717) is 6.07 Å². The van der Waals surface area contributed by atoms with E-state index in [4.69, 9.17) is 16.3 Å². The number of ether oxygens (including phenoxy) is 1. The summed E-state index contributed by atoms with van der Waals surface area (Å²) in [4.78, 5) is 13.6. The van der Waals surface area contributed by atoms with Gasteiger partial charge in [-0.2, -0.15) is 0 Å². The Bertz CT molecular complexity index is 1460. The van der Waals surface area contributed by atoms with E-state index in [1.165, 1.54) is 11.9 Å². The summed E-state index contributed by atoms with van der Waals surface area (Å²) in [5, 5.41) is 9.95. The van der Waals surface area contributed by atoms with Crippen LogP contribution in [0, 0.1) is 18.6 Å². The number of sulfonamides is 1. The van der Waals surface area contributed by atoms with Gasteiger partial charge < -0.3 is 14.7 Å². The van der Waals surface area contributed by atoms with Crippen molar-refractivity contribution in [3.63, 3.8) is 0 Å². The molecule has 0 aliphatic carbocycles. The molecule has 0 saturated carbocycles. The second kappa shape index (κ2) is 9.01. The number of hydrogen-bond acceptors (Lipinski definition) is 5. The highest BCUT2D eigenvalue weighted by Crippen LogP contribution is 2.38. The van der Waals surface area contributed by atoms with Gasteiger partial charge in [-0.25, -0.2) is 17.2 Å². The lowest BCUT2D eigenvalue weighted by Gasteiger charge is -2.24.